The average Bonchev–Trinajstić information content (AvgIpc) is 3.56. The first-order chi connectivity index (χ1) is 19.1. The molecule has 10 nitrogen and oxygen atoms in total. The number of hydrogen-bond donors (Lipinski definition) is 2. The van der Waals surface area contributed by atoms with E-state index in [9.17, 15) is 9.59 Å². The van der Waals surface area contributed by atoms with Gasteiger partial charge in [-0.05, 0) is 54.7 Å². The van der Waals surface area contributed by atoms with Crippen LogP contribution in [0.4, 0.5) is 5.69 Å². The van der Waals surface area contributed by atoms with Crippen molar-refractivity contribution in [3.05, 3.63) is 59.0 Å². The zero-order valence-corrected chi connectivity index (χ0v) is 25.5. The monoisotopic (exact) mass is 584 g/mol. The van der Waals surface area contributed by atoms with Gasteiger partial charge in [-0.2, -0.15) is 4.98 Å². The maximum Gasteiger partial charge on any atom is 0.242 e. The van der Waals surface area contributed by atoms with E-state index in [0.717, 1.165) is 35.4 Å². The SMILES string of the molecule is COc1ccc2c(c1)CC(N(C)C(=O)CN(CCNC(C)C)C(=O)CNc1cc(-c3noc(C)n3)ccc1C)C2.Cl. The minimum absolute atomic E-state index is 0. The molecule has 0 aliphatic heterocycles. The summed E-state index contributed by atoms with van der Waals surface area (Å²) in [5, 5.41) is 10.6. The molecule has 0 bridgehead atoms. The van der Waals surface area contributed by atoms with Gasteiger partial charge in [0, 0.05) is 50.4 Å². The van der Waals surface area contributed by atoms with E-state index in [2.05, 4.69) is 40.7 Å². The van der Waals surface area contributed by atoms with Gasteiger partial charge in [-0.25, -0.2) is 0 Å². The summed E-state index contributed by atoms with van der Waals surface area (Å²) >= 11 is 0. The molecule has 4 rings (SSSR count). The average molecular weight is 585 g/mol. The van der Waals surface area contributed by atoms with E-state index in [1.807, 2.05) is 44.3 Å². The summed E-state index contributed by atoms with van der Waals surface area (Å²) in [7, 11) is 3.49. The van der Waals surface area contributed by atoms with Crippen molar-refractivity contribution in [2.75, 3.05) is 45.7 Å². The summed E-state index contributed by atoms with van der Waals surface area (Å²) in [5.41, 5.74) is 5.02. The first-order valence-corrected chi connectivity index (χ1v) is 13.7. The predicted molar refractivity (Wildman–Crippen MR) is 162 cm³/mol. The van der Waals surface area contributed by atoms with E-state index in [0.29, 0.717) is 24.8 Å². The highest BCUT2D eigenvalue weighted by molar-refractivity contribution is 5.87. The third kappa shape index (κ3) is 8.20. The lowest BCUT2D eigenvalue weighted by molar-refractivity contribution is -0.140. The number of aromatic nitrogens is 2. The van der Waals surface area contributed by atoms with Crippen LogP contribution < -0.4 is 15.4 Å². The van der Waals surface area contributed by atoms with Gasteiger partial charge in [0.15, 0.2) is 0 Å². The summed E-state index contributed by atoms with van der Waals surface area (Å²) in [4.78, 5) is 34.5. The third-order valence-corrected chi connectivity index (χ3v) is 7.33. The summed E-state index contributed by atoms with van der Waals surface area (Å²) in [6, 6.07) is 12.2. The molecule has 11 heteroatoms. The van der Waals surface area contributed by atoms with Gasteiger partial charge in [0.25, 0.3) is 0 Å². The number of nitrogens with one attached hydrogen (secondary N) is 2. The van der Waals surface area contributed by atoms with Crippen molar-refractivity contribution in [1.82, 2.24) is 25.3 Å². The minimum Gasteiger partial charge on any atom is -0.497 e. The first kappa shape index (κ1) is 31.9. The number of hydrogen-bond acceptors (Lipinski definition) is 8. The number of amides is 2. The lowest BCUT2D eigenvalue weighted by atomic mass is 10.1. The molecule has 0 fully saturated rings. The number of rotatable bonds is 12. The second-order valence-corrected chi connectivity index (χ2v) is 10.6. The molecule has 2 amide bonds. The Morgan fingerprint density at radius 1 is 1.10 bits per heavy atom. The number of ether oxygens (including phenoxy) is 1. The number of carbonyl (C=O) groups excluding carboxylic acids is 2. The maximum atomic E-state index is 13.4. The van der Waals surface area contributed by atoms with E-state index >= 15 is 0 Å². The molecule has 0 saturated heterocycles. The molecule has 0 radical (unpaired) electrons. The number of nitrogens with zero attached hydrogens (tertiary/aromatic N) is 4. The smallest absolute Gasteiger partial charge is 0.242 e. The van der Waals surface area contributed by atoms with Gasteiger partial charge in [0.1, 0.15) is 5.75 Å². The highest BCUT2D eigenvalue weighted by atomic mass is 35.5. The van der Waals surface area contributed by atoms with Crippen LogP contribution in [0.25, 0.3) is 11.4 Å². The van der Waals surface area contributed by atoms with Crippen molar-refractivity contribution in [3.8, 4) is 17.1 Å². The molecule has 2 N–H and O–H groups in total. The molecule has 0 spiro atoms. The van der Waals surface area contributed by atoms with Crippen LogP contribution in [0.1, 0.15) is 36.4 Å². The molecule has 0 saturated carbocycles. The molecule has 1 aliphatic carbocycles. The van der Waals surface area contributed by atoms with Gasteiger partial charge in [0.2, 0.25) is 23.5 Å². The Morgan fingerprint density at radius 2 is 1.85 bits per heavy atom. The number of halogens is 1. The number of fused-ring (bicyclic) bond motifs is 1. The highest BCUT2D eigenvalue weighted by Gasteiger charge is 2.29. The van der Waals surface area contributed by atoms with E-state index in [1.165, 1.54) is 11.1 Å². The quantitative estimate of drug-likeness (QED) is 0.332. The van der Waals surface area contributed by atoms with Gasteiger partial charge < -0.3 is 29.7 Å². The van der Waals surface area contributed by atoms with Crippen molar-refractivity contribution in [1.29, 1.82) is 0 Å². The van der Waals surface area contributed by atoms with Gasteiger partial charge >= 0.3 is 0 Å². The minimum atomic E-state index is -0.146. The van der Waals surface area contributed by atoms with Crippen molar-refractivity contribution < 1.29 is 18.8 Å². The van der Waals surface area contributed by atoms with Crippen LogP contribution in [0.15, 0.2) is 40.9 Å². The normalized spacial score (nSPS) is 13.9. The van der Waals surface area contributed by atoms with Gasteiger partial charge in [0.05, 0.1) is 20.2 Å². The standard InChI is InChI=1S/C30H40N6O4.ClH/c1-19(2)31-11-12-36(18-29(38)35(5)25-13-22-9-10-26(39-6)15-24(22)14-25)28(37)17-32-27-16-23(8-7-20(27)3)30-33-21(4)40-34-30;/h7-10,15-16,19,25,31-32H,11-14,17-18H2,1-6H3;1H. The Morgan fingerprint density at radius 3 is 2.54 bits per heavy atom. The van der Waals surface area contributed by atoms with Crippen LogP contribution in [0.5, 0.6) is 5.75 Å². The van der Waals surface area contributed by atoms with Gasteiger partial charge in [-0.3, -0.25) is 9.59 Å². The number of aryl methyl sites for hydroxylation is 2. The first-order valence-electron chi connectivity index (χ1n) is 13.7. The second kappa shape index (κ2) is 14.3. The molecule has 1 aromatic heterocycles. The lowest BCUT2D eigenvalue weighted by Crippen LogP contribution is -2.48. The fraction of sp³-hybridized carbons (Fsp3) is 0.467. The zero-order valence-electron chi connectivity index (χ0n) is 24.7. The topological polar surface area (TPSA) is 113 Å². The maximum absolute atomic E-state index is 13.4. The van der Waals surface area contributed by atoms with Crippen LogP contribution >= 0.6 is 12.4 Å². The van der Waals surface area contributed by atoms with Gasteiger partial charge in [-0.15, -0.1) is 12.4 Å². The van der Waals surface area contributed by atoms with Gasteiger partial charge in [-0.1, -0.05) is 37.2 Å². The Bertz CT molecular complexity index is 1340. The molecule has 1 atom stereocenters. The molecule has 1 heterocycles. The predicted octanol–water partition coefficient (Wildman–Crippen LogP) is 3.65. The van der Waals surface area contributed by atoms with Crippen molar-refractivity contribution in [2.24, 2.45) is 0 Å². The van der Waals surface area contributed by atoms with Crippen LogP contribution in [-0.2, 0) is 22.4 Å². The van der Waals surface area contributed by atoms with Crippen LogP contribution in [0, 0.1) is 13.8 Å². The number of anilines is 1. The molecule has 2 aromatic carbocycles. The molecule has 1 aliphatic rings. The molecular weight excluding hydrogens is 544 g/mol. The number of carbonyl (C=O) groups is 2. The summed E-state index contributed by atoms with van der Waals surface area (Å²) < 4.78 is 10.5. The fourth-order valence-electron chi connectivity index (χ4n) is 4.88. The van der Waals surface area contributed by atoms with Crippen LogP contribution in [-0.4, -0.2) is 84.2 Å². The lowest BCUT2D eigenvalue weighted by Gasteiger charge is -2.29. The molecular formula is C30H41ClN6O4. The van der Waals surface area contributed by atoms with E-state index < -0.39 is 0 Å². The Labute approximate surface area is 248 Å². The number of benzene rings is 2. The Hall–Kier alpha value is -3.63. The fourth-order valence-corrected chi connectivity index (χ4v) is 4.88. The molecule has 222 valence electrons. The summed E-state index contributed by atoms with van der Waals surface area (Å²) in [6.07, 6.45) is 1.57. The summed E-state index contributed by atoms with van der Waals surface area (Å²) in [5.74, 6) is 1.58. The van der Waals surface area contributed by atoms with E-state index in [4.69, 9.17) is 9.26 Å². The van der Waals surface area contributed by atoms with Crippen LogP contribution in [0.3, 0.4) is 0 Å². The van der Waals surface area contributed by atoms with E-state index in [-0.39, 0.29) is 49.4 Å². The van der Waals surface area contributed by atoms with Crippen molar-refractivity contribution >= 4 is 29.9 Å². The van der Waals surface area contributed by atoms with Crippen molar-refractivity contribution in [2.45, 2.75) is 52.6 Å². The number of methoxy groups -OCH3 is 1. The number of likely N-dealkylation sites (N-methyl/N-ethyl adjacent to an activating group) is 1. The largest absolute Gasteiger partial charge is 0.497 e. The third-order valence-electron chi connectivity index (χ3n) is 7.33. The Balaban J connectivity index is 0.00000462. The molecule has 1 unspecified atom stereocenters. The highest BCUT2D eigenvalue weighted by Crippen LogP contribution is 2.29. The van der Waals surface area contributed by atoms with Crippen molar-refractivity contribution in [3.63, 3.8) is 0 Å². The summed E-state index contributed by atoms with van der Waals surface area (Å²) in [6.45, 7) is 8.93. The zero-order chi connectivity index (χ0) is 28.8. The molecule has 3 aromatic rings. The second-order valence-electron chi connectivity index (χ2n) is 10.6. The Kier molecular flexibility index (Phi) is 11.1. The van der Waals surface area contributed by atoms with Crippen LogP contribution in [0.2, 0.25) is 0 Å². The molecule has 41 heavy (non-hydrogen) atoms. The van der Waals surface area contributed by atoms with E-state index in [1.54, 1.807) is 23.8 Å².